The van der Waals surface area contributed by atoms with Crippen LogP contribution < -0.4 is 14.9 Å². The monoisotopic (exact) mass is 578 g/mol. The zero-order valence-electron chi connectivity index (χ0n) is 21.8. The molecule has 14 heteroatoms. The molecule has 1 aromatic heterocycles. The second-order valence-corrected chi connectivity index (χ2v) is 10.1. The van der Waals surface area contributed by atoms with Crippen LogP contribution in [0.25, 0.3) is 22.3 Å². The van der Waals surface area contributed by atoms with Crippen LogP contribution in [0.1, 0.15) is 13.8 Å². The molecule has 2 aliphatic heterocycles. The molecule has 222 valence electrons. The molecule has 0 amide bonds. The van der Waals surface area contributed by atoms with E-state index in [0.29, 0.717) is 0 Å². The molecule has 2 fully saturated rings. The molecule has 0 saturated carbocycles. The molecule has 2 aromatic carbocycles. The minimum absolute atomic E-state index is 0.0859. The van der Waals surface area contributed by atoms with Gasteiger partial charge >= 0.3 is 0 Å². The summed E-state index contributed by atoms with van der Waals surface area (Å²) < 4.78 is 28.2. The molecule has 0 aliphatic carbocycles. The summed E-state index contributed by atoms with van der Waals surface area (Å²) in [5, 5.41) is 81.1. The molecule has 0 radical (unpaired) electrons. The summed E-state index contributed by atoms with van der Waals surface area (Å²) >= 11 is 0. The number of aliphatic hydroxyl groups excluding tert-OH is 6. The van der Waals surface area contributed by atoms with Gasteiger partial charge in [0.15, 0.2) is 5.76 Å². The van der Waals surface area contributed by atoms with E-state index < -0.39 is 78.3 Å². The number of ether oxygens (including phenoxy) is 4. The molecular formula is C27H30O14. The third-order valence-corrected chi connectivity index (χ3v) is 7.14. The largest absolute Gasteiger partial charge is 0.508 e. The van der Waals surface area contributed by atoms with Gasteiger partial charge in [-0.3, -0.25) is 4.79 Å². The van der Waals surface area contributed by atoms with Crippen molar-refractivity contribution in [2.24, 2.45) is 0 Å². The van der Waals surface area contributed by atoms with Gasteiger partial charge in [0, 0.05) is 17.7 Å². The SMILES string of the molecule is C[C@H]1O[C@H](Oc2cc(O)c3c(=O)c(O[C@H]4O[C@H](C)[C@@H](O)[C@H](O)[C@H]4O)c(-c4ccc(O)cc4)oc3c2)[C@H](O)[C@@H](O)[C@@H]1O. The fourth-order valence-corrected chi connectivity index (χ4v) is 4.71. The van der Waals surface area contributed by atoms with Crippen molar-refractivity contribution in [1.29, 1.82) is 0 Å². The highest BCUT2D eigenvalue weighted by Gasteiger charge is 2.45. The van der Waals surface area contributed by atoms with Crippen LogP contribution in [0.15, 0.2) is 45.6 Å². The molecule has 41 heavy (non-hydrogen) atoms. The minimum Gasteiger partial charge on any atom is -0.508 e. The van der Waals surface area contributed by atoms with Crippen molar-refractivity contribution in [3.63, 3.8) is 0 Å². The average molecular weight is 579 g/mol. The summed E-state index contributed by atoms with van der Waals surface area (Å²) in [7, 11) is 0. The quantitative estimate of drug-likeness (QED) is 0.187. The van der Waals surface area contributed by atoms with Gasteiger partial charge in [0.2, 0.25) is 23.8 Å². The van der Waals surface area contributed by atoms with Crippen LogP contribution in [0.2, 0.25) is 0 Å². The van der Waals surface area contributed by atoms with Gasteiger partial charge in [-0.1, -0.05) is 0 Å². The van der Waals surface area contributed by atoms with E-state index in [4.69, 9.17) is 23.4 Å². The maximum Gasteiger partial charge on any atom is 0.239 e. The number of fused-ring (bicyclic) bond motifs is 1. The smallest absolute Gasteiger partial charge is 0.239 e. The molecule has 0 bridgehead atoms. The second kappa shape index (κ2) is 11.1. The van der Waals surface area contributed by atoms with Gasteiger partial charge < -0.3 is 64.2 Å². The van der Waals surface area contributed by atoms with Crippen molar-refractivity contribution in [1.82, 2.24) is 0 Å². The predicted molar refractivity (Wildman–Crippen MR) is 137 cm³/mol. The molecule has 5 rings (SSSR count). The summed E-state index contributed by atoms with van der Waals surface area (Å²) in [6, 6.07) is 7.71. The summed E-state index contributed by atoms with van der Waals surface area (Å²) in [4.78, 5) is 13.7. The maximum atomic E-state index is 13.7. The number of rotatable bonds is 5. The Labute approximate surface area is 231 Å². The van der Waals surface area contributed by atoms with Gasteiger partial charge in [0.1, 0.15) is 64.8 Å². The highest BCUT2D eigenvalue weighted by molar-refractivity contribution is 5.88. The van der Waals surface area contributed by atoms with Crippen LogP contribution in [-0.4, -0.2) is 102 Å². The first-order chi connectivity index (χ1) is 19.4. The summed E-state index contributed by atoms with van der Waals surface area (Å²) in [5.74, 6) is -1.55. The zero-order valence-corrected chi connectivity index (χ0v) is 21.8. The number of aliphatic hydroxyl groups is 6. The summed E-state index contributed by atoms with van der Waals surface area (Å²) in [5.41, 5.74) is -0.865. The fourth-order valence-electron chi connectivity index (χ4n) is 4.71. The van der Waals surface area contributed by atoms with Gasteiger partial charge in [-0.05, 0) is 38.1 Å². The Bertz CT molecular complexity index is 1460. The molecule has 0 spiro atoms. The maximum absolute atomic E-state index is 13.7. The number of aromatic hydroxyl groups is 2. The third-order valence-electron chi connectivity index (χ3n) is 7.14. The van der Waals surface area contributed by atoms with E-state index in [9.17, 15) is 45.6 Å². The van der Waals surface area contributed by atoms with Gasteiger partial charge in [-0.25, -0.2) is 0 Å². The van der Waals surface area contributed by atoms with Crippen molar-refractivity contribution >= 4 is 11.0 Å². The van der Waals surface area contributed by atoms with Crippen molar-refractivity contribution in [3.05, 3.63) is 46.6 Å². The lowest BCUT2D eigenvalue weighted by Gasteiger charge is -2.39. The average Bonchev–Trinajstić information content (AvgIpc) is 2.93. The Kier molecular flexibility index (Phi) is 7.84. The minimum atomic E-state index is -1.76. The van der Waals surface area contributed by atoms with E-state index in [1.54, 1.807) is 0 Å². The lowest BCUT2D eigenvalue weighted by molar-refractivity contribution is -0.268. The summed E-state index contributed by atoms with van der Waals surface area (Å²) in [6.07, 6.45) is -14.3. The van der Waals surface area contributed by atoms with Crippen molar-refractivity contribution in [3.8, 4) is 34.3 Å². The topological polar surface area (TPSA) is 229 Å². The number of phenolic OH excluding ortho intramolecular Hbond substituents is 2. The molecule has 2 aliphatic rings. The second-order valence-electron chi connectivity index (χ2n) is 10.1. The zero-order chi connectivity index (χ0) is 29.7. The molecule has 3 heterocycles. The van der Waals surface area contributed by atoms with Crippen molar-refractivity contribution in [2.45, 2.75) is 75.3 Å². The van der Waals surface area contributed by atoms with Crippen LogP contribution in [-0.2, 0) is 9.47 Å². The highest BCUT2D eigenvalue weighted by Crippen LogP contribution is 2.38. The Balaban J connectivity index is 1.58. The summed E-state index contributed by atoms with van der Waals surface area (Å²) in [6.45, 7) is 2.90. The first-order valence-corrected chi connectivity index (χ1v) is 12.7. The molecule has 10 atom stereocenters. The number of hydrogen-bond acceptors (Lipinski definition) is 14. The number of hydrogen-bond donors (Lipinski definition) is 8. The van der Waals surface area contributed by atoms with Gasteiger partial charge in [-0.2, -0.15) is 0 Å². The number of phenols is 2. The molecule has 3 aromatic rings. The van der Waals surface area contributed by atoms with E-state index in [-0.39, 0.29) is 33.8 Å². The van der Waals surface area contributed by atoms with E-state index >= 15 is 0 Å². The van der Waals surface area contributed by atoms with Crippen molar-refractivity contribution < 1.29 is 64.2 Å². The van der Waals surface area contributed by atoms with Gasteiger partial charge in [0.25, 0.3) is 0 Å². The lowest BCUT2D eigenvalue weighted by Crippen LogP contribution is -2.58. The van der Waals surface area contributed by atoms with E-state index in [1.807, 2.05) is 0 Å². The molecular weight excluding hydrogens is 548 g/mol. The molecule has 2 saturated heterocycles. The van der Waals surface area contributed by atoms with Crippen LogP contribution in [0, 0.1) is 0 Å². The Hall–Kier alpha value is -3.47. The Morgan fingerprint density at radius 1 is 0.707 bits per heavy atom. The third kappa shape index (κ3) is 5.31. The highest BCUT2D eigenvalue weighted by atomic mass is 16.7. The van der Waals surface area contributed by atoms with E-state index in [2.05, 4.69) is 0 Å². The predicted octanol–water partition coefficient (Wildman–Crippen LogP) is -0.716. The Morgan fingerprint density at radius 2 is 1.24 bits per heavy atom. The van der Waals surface area contributed by atoms with Gasteiger partial charge in [-0.15, -0.1) is 0 Å². The van der Waals surface area contributed by atoms with Crippen LogP contribution in [0.5, 0.6) is 23.0 Å². The normalized spacial score (nSPS) is 34.0. The van der Waals surface area contributed by atoms with E-state index in [0.717, 1.165) is 6.07 Å². The van der Waals surface area contributed by atoms with Crippen LogP contribution >= 0.6 is 0 Å². The number of benzene rings is 2. The van der Waals surface area contributed by atoms with Crippen LogP contribution in [0.3, 0.4) is 0 Å². The Morgan fingerprint density at radius 3 is 1.80 bits per heavy atom. The molecule has 14 nitrogen and oxygen atoms in total. The van der Waals surface area contributed by atoms with E-state index in [1.165, 1.54) is 44.2 Å². The molecule has 0 unspecified atom stereocenters. The standard InChI is InChI=1S/C27H30O14/c1-9-17(30)20(33)22(35)26(37-9)39-13-7-14(29)16-15(8-13)40-24(11-3-5-12(28)6-4-11)25(19(16)32)41-27-23(36)21(34)18(31)10(2)38-27/h3-10,17-18,20-23,26-31,33-36H,1-2H3/t9-,10-,17-,18-,20+,21+,22-,23-,26-,27-/m1/s1. The first-order valence-electron chi connectivity index (χ1n) is 12.7. The lowest BCUT2D eigenvalue weighted by atomic mass is 10.00. The van der Waals surface area contributed by atoms with Gasteiger partial charge in [0.05, 0.1) is 12.2 Å². The fraction of sp³-hybridized carbons (Fsp3) is 0.444. The van der Waals surface area contributed by atoms with Crippen LogP contribution in [0.4, 0.5) is 0 Å². The first kappa shape index (κ1) is 29.0. The molecule has 8 N–H and O–H groups in total. The van der Waals surface area contributed by atoms with Crippen molar-refractivity contribution in [2.75, 3.05) is 0 Å².